The molecule has 3 N–H and O–H groups in total. The highest BCUT2D eigenvalue weighted by atomic mass is 16.3. The van der Waals surface area contributed by atoms with Crippen molar-refractivity contribution in [3.05, 3.63) is 29.8 Å². The fourth-order valence-corrected chi connectivity index (χ4v) is 1.67. The molecule has 0 bridgehead atoms. The Labute approximate surface area is 108 Å². The Hall–Kier alpha value is -1.55. The first-order valence-electron chi connectivity index (χ1n) is 6.12. The van der Waals surface area contributed by atoms with Crippen molar-refractivity contribution in [1.82, 2.24) is 5.32 Å². The zero-order valence-corrected chi connectivity index (χ0v) is 11.4. The van der Waals surface area contributed by atoms with Crippen LogP contribution >= 0.6 is 0 Å². The molecule has 0 aliphatic heterocycles. The predicted octanol–water partition coefficient (Wildman–Crippen LogP) is 2.49. The van der Waals surface area contributed by atoms with Crippen molar-refractivity contribution in [2.75, 3.05) is 11.9 Å². The van der Waals surface area contributed by atoms with Crippen LogP contribution in [0.1, 0.15) is 33.3 Å². The first kappa shape index (κ1) is 14.5. The molecule has 1 aromatic rings. The van der Waals surface area contributed by atoms with E-state index in [0.29, 0.717) is 0 Å². The Morgan fingerprint density at radius 1 is 1.33 bits per heavy atom. The zero-order valence-electron chi connectivity index (χ0n) is 11.4. The van der Waals surface area contributed by atoms with E-state index in [1.54, 1.807) is 6.92 Å². The Bertz CT molecular complexity index is 411. The molecule has 18 heavy (non-hydrogen) atoms. The van der Waals surface area contributed by atoms with Gasteiger partial charge < -0.3 is 15.7 Å². The Kier molecular flexibility index (Phi) is 4.73. The molecule has 1 aromatic carbocycles. The van der Waals surface area contributed by atoms with Crippen LogP contribution in [-0.4, -0.2) is 23.8 Å². The van der Waals surface area contributed by atoms with Gasteiger partial charge in [0.1, 0.15) is 0 Å². The molecule has 0 saturated carbocycles. The van der Waals surface area contributed by atoms with Gasteiger partial charge in [-0.15, -0.1) is 0 Å². The average Bonchev–Trinajstić information content (AvgIpc) is 2.27. The number of carbonyl (C=O) groups excluding carboxylic acids is 1. The highest BCUT2D eigenvalue weighted by Gasteiger charge is 2.18. The molecule has 0 unspecified atom stereocenters. The molecule has 0 aliphatic rings. The van der Waals surface area contributed by atoms with E-state index in [2.05, 4.69) is 31.4 Å². The van der Waals surface area contributed by atoms with Gasteiger partial charge in [0.25, 0.3) is 0 Å². The second kappa shape index (κ2) is 5.87. The molecule has 0 radical (unpaired) electrons. The molecule has 0 fully saturated rings. The lowest BCUT2D eigenvalue weighted by molar-refractivity contribution is 0.229. The van der Waals surface area contributed by atoms with Gasteiger partial charge in [0, 0.05) is 5.69 Å². The Balaban J connectivity index is 2.82. The Morgan fingerprint density at radius 3 is 2.50 bits per heavy atom. The summed E-state index contributed by atoms with van der Waals surface area (Å²) in [5.41, 5.74) is 1.84. The minimum Gasteiger partial charge on any atom is -0.394 e. The summed E-state index contributed by atoms with van der Waals surface area (Å²) in [6.45, 7) is 7.97. The van der Waals surface area contributed by atoms with Crippen LogP contribution in [0.3, 0.4) is 0 Å². The zero-order chi connectivity index (χ0) is 13.8. The van der Waals surface area contributed by atoms with E-state index in [-0.39, 0.29) is 24.1 Å². The van der Waals surface area contributed by atoms with Gasteiger partial charge in [-0.05, 0) is 24.0 Å². The van der Waals surface area contributed by atoms with E-state index in [9.17, 15) is 4.79 Å². The number of aliphatic hydroxyl groups is 1. The van der Waals surface area contributed by atoms with Crippen LogP contribution in [0, 0.1) is 0 Å². The molecule has 1 atom stereocenters. The van der Waals surface area contributed by atoms with Gasteiger partial charge in [-0.3, -0.25) is 0 Å². The quantitative estimate of drug-likeness (QED) is 0.771. The summed E-state index contributed by atoms with van der Waals surface area (Å²) in [5, 5.41) is 14.4. The Morgan fingerprint density at radius 2 is 1.94 bits per heavy atom. The number of para-hydroxylation sites is 1. The normalized spacial score (nSPS) is 12.9. The summed E-state index contributed by atoms with van der Waals surface area (Å²) < 4.78 is 0. The summed E-state index contributed by atoms with van der Waals surface area (Å²) in [6.07, 6.45) is 0. The first-order valence-corrected chi connectivity index (χ1v) is 6.12. The topological polar surface area (TPSA) is 61.4 Å². The van der Waals surface area contributed by atoms with Gasteiger partial charge in [0.2, 0.25) is 0 Å². The van der Waals surface area contributed by atoms with E-state index < -0.39 is 0 Å². The monoisotopic (exact) mass is 250 g/mol. The molecule has 100 valence electrons. The average molecular weight is 250 g/mol. The highest BCUT2D eigenvalue weighted by molar-refractivity contribution is 5.90. The van der Waals surface area contributed by atoms with Gasteiger partial charge in [0.15, 0.2) is 0 Å². The van der Waals surface area contributed by atoms with Crippen molar-refractivity contribution in [2.24, 2.45) is 0 Å². The number of amides is 2. The lowest BCUT2D eigenvalue weighted by atomic mass is 9.86. The fraction of sp³-hybridized carbons (Fsp3) is 0.500. The molecule has 0 aliphatic carbocycles. The molecule has 0 heterocycles. The maximum Gasteiger partial charge on any atom is 0.319 e. The number of nitrogens with one attached hydrogen (secondary N) is 2. The third-order valence-corrected chi connectivity index (χ3v) is 2.63. The van der Waals surface area contributed by atoms with Crippen LogP contribution in [-0.2, 0) is 5.41 Å². The van der Waals surface area contributed by atoms with E-state index >= 15 is 0 Å². The molecule has 1 rings (SSSR count). The summed E-state index contributed by atoms with van der Waals surface area (Å²) in [6, 6.07) is 7.18. The van der Waals surface area contributed by atoms with Gasteiger partial charge >= 0.3 is 6.03 Å². The molecule has 4 nitrogen and oxygen atoms in total. The summed E-state index contributed by atoms with van der Waals surface area (Å²) in [4.78, 5) is 11.7. The smallest absolute Gasteiger partial charge is 0.319 e. The van der Waals surface area contributed by atoms with E-state index in [1.807, 2.05) is 24.3 Å². The maximum absolute atomic E-state index is 11.7. The number of aliphatic hydroxyl groups excluding tert-OH is 1. The minimum atomic E-state index is -0.298. The van der Waals surface area contributed by atoms with Crippen LogP contribution in [0.4, 0.5) is 10.5 Å². The number of anilines is 1. The van der Waals surface area contributed by atoms with Crippen molar-refractivity contribution in [3.63, 3.8) is 0 Å². The van der Waals surface area contributed by atoms with Gasteiger partial charge in [-0.1, -0.05) is 39.0 Å². The van der Waals surface area contributed by atoms with E-state index in [0.717, 1.165) is 11.3 Å². The number of urea groups is 1. The van der Waals surface area contributed by atoms with Gasteiger partial charge in [0.05, 0.1) is 12.6 Å². The number of carbonyl (C=O) groups is 1. The summed E-state index contributed by atoms with van der Waals surface area (Å²) in [7, 11) is 0. The van der Waals surface area contributed by atoms with Crippen LogP contribution in [0.15, 0.2) is 24.3 Å². The van der Waals surface area contributed by atoms with Gasteiger partial charge in [-0.25, -0.2) is 4.79 Å². The second-order valence-corrected chi connectivity index (χ2v) is 5.48. The molecule has 0 saturated heterocycles. The largest absolute Gasteiger partial charge is 0.394 e. The molecule has 2 amide bonds. The lowest BCUT2D eigenvalue weighted by Crippen LogP contribution is -2.38. The number of hydrogen-bond acceptors (Lipinski definition) is 2. The second-order valence-electron chi connectivity index (χ2n) is 5.48. The van der Waals surface area contributed by atoms with Crippen molar-refractivity contribution in [2.45, 2.75) is 39.2 Å². The molecule has 0 aromatic heterocycles. The maximum atomic E-state index is 11.7. The van der Waals surface area contributed by atoms with Crippen molar-refractivity contribution >= 4 is 11.7 Å². The number of benzene rings is 1. The molecule has 0 spiro atoms. The van der Waals surface area contributed by atoms with Crippen LogP contribution in [0.2, 0.25) is 0 Å². The third-order valence-electron chi connectivity index (χ3n) is 2.63. The van der Waals surface area contributed by atoms with E-state index in [4.69, 9.17) is 5.11 Å². The number of hydrogen-bond donors (Lipinski definition) is 3. The summed E-state index contributed by atoms with van der Waals surface area (Å²) in [5.74, 6) is 0. The van der Waals surface area contributed by atoms with Crippen LogP contribution in [0.25, 0.3) is 0 Å². The van der Waals surface area contributed by atoms with Crippen LogP contribution in [0.5, 0.6) is 0 Å². The standard InChI is InChI=1S/C14H22N2O2/c1-10(9-17)15-13(18)16-12-8-6-5-7-11(12)14(2,3)4/h5-8,10,17H,9H2,1-4H3,(H2,15,16,18)/t10-/m1/s1. The molecular formula is C14H22N2O2. The summed E-state index contributed by atoms with van der Waals surface area (Å²) >= 11 is 0. The molecule has 4 heteroatoms. The first-order chi connectivity index (χ1) is 8.34. The van der Waals surface area contributed by atoms with E-state index in [1.165, 1.54) is 0 Å². The van der Waals surface area contributed by atoms with Gasteiger partial charge in [-0.2, -0.15) is 0 Å². The number of rotatable bonds is 3. The van der Waals surface area contributed by atoms with Crippen LogP contribution < -0.4 is 10.6 Å². The fourth-order valence-electron chi connectivity index (χ4n) is 1.67. The molecular weight excluding hydrogens is 228 g/mol. The lowest BCUT2D eigenvalue weighted by Gasteiger charge is -2.23. The third kappa shape index (κ3) is 4.04. The van der Waals surface area contributed by atoms with Crippen molar-refractivity contribution < 1.29 is 9.90 Å². The SMILES string of the molecule is C[C@H](CO)NC(=O)Nc1ccccc1C(C)(C)C. The highest BCUT2D eigenvalue weighted by Crippen LogP contribution is 2.29. The van der Waals surface area contributed by atoms with Crippen molar-refractivity contribution in [1.29, 1.82) is 0 Å². The minimum absolute atomic E-state index is 0.0353. The predicted molar refractivity (Wildman–Crippen MR) is 73.8 cm³/mol. The van der Waals surface area contributed by atoms with Crippen molar-refractivity contribution in [3.8, 4) is 0 Å².